The van der Waals surface area contributed by atoms with Crippen LogP contribution in [-0.2, 0) is 6.54 Å². The Morgan fingerprint density at radius 3 is 2.24 bits per heavy atom. The number of aliphatic hydroxyl groups excluding tert-OH is 1. The van der Waals surface area contributed by atoms with Crippen LogP contribution in [0.4, 0.5) is 4.39 Å². The number of carbonyl (C=O) groups excluding carboxylic acids is 2. The van der Waals surface area contributed by atoms with Crippen LogP contribution in [0.15, 0.2) is 66.9 Å². The van der Waals surface area contributed by atoms with Crippen molar-refractivity contribution in [2.45, 2.75) is 44.8 Å². The molecule has 212 valence electrons. The number of rotatable bonds is 8. The fourth-order valence-electron chi connectivity index (χ4n) is 5.88. The van der Waals surface area contributed by atoms with Crippen molar-refractivity contribution in [3.63, 3.8) is 0 Å². The van der Waals surface area contributed by atoms with Gasteiger partial charge in [0.1, 0.15) is 11.5 Å². The molecule has 8 heteroatoms. The number of aromatic nitrogens is 1. The highest BCUT2D eigenvalue weighted by molar-refractivity contribution is 5.97. The number of piperidine rings is 2. The van der Waals surface area contributed by atoms with Gasteiger partial charge in [0, 0.05) is 32.3 Å². The smallest absolute Gasteiger partial charge is 0.255 e. The maximum absolute atomic E-state index is 13.2. The van der Waals surface area contributed by atoms with E-state index in [1.54, 1.807) is 29.2 Å². The van der Waals surface area contributed by atoms with Crippen molar-refractivity contribution in [2.75, 3.05) is 26.2 Å². The number of aliphatic hydroxyl groups is 1. The van der Waals surface area contributed by atoms with Gasteiger partial charge in [-0.1, -0.05) is 24.3 Å². The number of ketones is 1. The van der Waals surface area contributed by atoms with Crippen LogP contribution in [0, 0.1) is 29.0 Å². The van der Waals surface area contributed by atoms with E-state index in [2.05, 4.69) is 16.0 Å². The van der Waals surface area contributed by atoms with Crippen LogP contribution in [-0.4, -0.2) is 57.8 Å². The maximum Gasteiger partial charge on any atom is 0.255 e. The highest BCUT2D eigenvalue weighted by Gasteiger charge is 2.29. The van der Waals surface area contributed by atoms with E-state index in [0.717, 1.165) is 32.5 Å². The third kappa shape index (κ3) is 7.24. The zero-order chi connectivity index (χ0) is 28.8. The molecule has 2 aliphatic heterocycles. The Hall–Kier alpha value is -3.93. The molecule has 3 heterocycles. The lowest BCUT2D eigenvalue weighted by molar-refractivity contribution is 0.0461. The monoisotopic (exact) mass is 554 g/mol. The summed E-state index contributed by atoms with van der Waals surface area (Å²) in [5.41, 5.74) is 3.38. The predicted molar refractivity (Wildman–Crippen MR) is 152 cm³/mol. The number of nitrogens with zero attached hydrogens (tertiary/aromatic N) is 4. The van der Waals surface area contributed by atoms with Crippen molar-refractivity contribution < 1.29 is 19.1 Å². The molecule has 5 rings (SSSR count). The number of hydrogen-bond donors (Lipinski definition) is 1. The van der Waals surface area contributed by atoms with Crippen LogP contribution < -0.4 is 0 Å². The fourth-order valence-corrected chi connectivity index (χ4v) is 5.88. The SMILES string of the molecule is N#Cc1ccc(CN2CCC(CC(=O)c3ccc(C(=O)N4CCC(C(O)c5ccc(F)cc5)CC4)cn3)CC2)cc1. The molecular formula is C33H35FN4O3. The Morgan fingerprint density at radius 1 is 0.951 bits per heavy atom. The van der Waals surface area contributed by atoms with Crippen molar-refractivity contribution in [3.05, 3.63) is 101 Å². The minimum Gasteiger partial charge on any atom is -0.388 e. The van der Waals surface area contributed by atoms with Crippen LogP contribution in [0.5, 0.6) is 0 Å². The second-order valence-electron chi connectivity index (χ2n) is 11.2. The first-order valence-corrected chi connectivity index (χ1v) is 14.3. The van der Waals surface area contributed by atoms with E-state index in [-0.39, 0.29) is 23.4 Å². The van der Waals surface area contributed by atoms with Crippen molar-refractivity contribution in [3.8, 4) is 6.07 Å². The number of amides is 1. The van der Waals surface area contributed by atoms with Crippen LogP contribution >= 0.6 is 0 Å². The molecule has 0 radical (unpaired) electrons. The minimum absolute atomic E-state index is 0.00476. The first-order chi connectivity index (χ1) is 19.9. The quantitative estimate of drug-likeness (QED) is 0.386. The summed E-state index contributed by atoms with van der Waals surface area (Å²) < 4.78 is 13.2. The third-order valence-electron chi connectivity index (χ3n) is 8.45. The summed E-state index contributed by atoms with van der Waals surface area (Å²) in [7, 11) is 0. The molecule has 2 fully saturated rings. The number of hydrogen-bond acceptors (Lipinski definition) is 6. The molecule has 0 bridgehead atoms. The molecule has 0 spiro atoms. The van der Waals surface area contributed by atoms with Gasteiger partial charge in [0.15, 0.2) is 5.78 Å². The van der Waals surface area contributed by atoms with Crippen molar-refractivity contribution in [2.24, 2.45) is 11.8 Å². The molecule has 1 N–H and O–H groups in total. The Kier molecular flexibility index (Phi) is 9.17. The lowest BCUT2D eigenvalue weighted by Crippen LogP contribution is -2.39. The highest BCUT2D eigenvalue weighted by atomic mass is 19.1. The lowest BCUT2D eigenvalue weighted by atomic mass is 9.87. The zero-order valence-corrected chi connectivity index (χ0v) is 23.1. The Labute approximate surface area is 240 Å². The summed E-state index contributed by atoms with van der Waals surface area (Å²) in [6, 6.07) is 19.1. The third-order valence-corrected chi connectivity index (χ3v) is 8.45. The summed E-state index contributed by atoms with van der Waals surface area (Å²) in [5, 5.41) is 19.6. The van der Waals surface area contributed by atoms with Gasteiger partial charge >= 0.3 is 0 Å². The van der Waals surface area contributed by atoms with E-state index in [4.69, 9.17) is 5.26 Å². The lowest BCUT2D eigenvalue weighted by Gasteiger charge is -2.34. The molecule has 1 aromatic heterocycles. The van der Waals surface area contributed by atoms with Crippen molar-refractivity contribution in [1.29, 1.82) is 5.26 Å². The first-order valence-electron chi connectivity index (χ1n) is 14.3. The summed E-state index contributed by atoms with van der Waals surface area (Å²) in [5.74, 6) is -0.133. The van der Waals surface area contributed by atoms with Crippen LogP contribution in [0.1, 0.15) is 75.7 Å². The average Bonchev–Trinajstić information content (AvgIpc) is 3.02. The normalized spacial score (nSPS) is 17.6. The summed E-state index contributed by atoms with van der Waals surface area (Å²) in [6.45, 7) is 3.74. The molecule has 0 saturated carbocycles. The Balaban J connectivity index is 1.06. The van der Waals surface area contributed by atoms with Crippen LogP contribution in [0.2, 0.25) is 0 Å². The fraction of sp³-hybridized carbons (Fsp3) is 0.394. The number of pyridine rings is 1. The zero-order valence-electron chi connectivity index (χ0n) is 23.1. The van der Waals surface area contributed by atoms with E-state index in [1.807, 2.05) is 24.3 Å². The molecule has 1 atom stereocenters. The highest BCUT2D eigenvalue weighted by Crippen LogP contribution is 2.31. The molecule has 2 saturated heterocycles. The topological polar surface area (TPSA) is 97.5 Å². The van der Waals surface area contributed by atoms with E-state index in [9.17, 15) is 19.1 Å². The van der Waals surface area contributed by atoms with Crippen molar-refractivity contribution in [1.82, 2.24) is 14.8 Å². The minimum atomic E-state index is -0.686. The van der Waals surface area contributed by atoms with E-state index in [1.165, 1.54) is 23.9 Å². The van der Waals surface area contributed by atoms with E-state index >= 15 is 0 Å². The number of benzene rings is 2. The number of Topliss-reactive ketones (excluding diaryl/α,β-unsaturated/α-hetero) is 1. The number of likely N-dealkylation sites (tertiary alicyclic amines) is 2. The first kappa shape index (κ1) is 28.6. The van der Waals surface area contributed by atoms with Gasteiger partial charge in [-0.25, -0.2) is 4.39 Å². The van der Waals surface area contributed by atoms with Gasteiger partial charge < -0.3 is 10.0 Å². The molecule has 3 aromatic rings. The van der Waals surface area contributed by atoms with E-state index in [0.29, 0.717) is 60.7 Å². The Bertz CT molecular complexity index is 1370. The molecular weight excluding hydrogens is 519 g/mol. The predicted octanol–water partition coefficient (Wildman–Crippen LogP) is 5.16. The summed E-state index contributed by atoms with van der Waals surface area (Å²) in [4.78, 5) is 34.5. The molecule has 41 heavy (non-hydrogen) atoms. The summed E-state index contributed by atoms with van der Waals surface area (Å²) >= 11 is 0. The van der Waals surface area contributed by atoms with E-state index < -0.39 is 6.10 Å². The van der Waals surface area contributed by atoms with Gasteiger partial charge in [-0.15, -0.1) is 0 Å². The van der Waals surface area contributed by atoms with Gasteiger partial charge in [-0.2, -0.15) is 5.26 Å². The largest absolute Gasteiger partial charge is 0.388 e. The maximum atomic E-state index is 13.2. The molecule has 0 aliphatic carbocycles. The summed E-state index contributed by atoms with van der Waals surface area (Å²) in [6.07, 6.45) is 4.47. The molecule has 2 aliphatic rings. The second-order valence-corrected chi connectivity index (χ2v) is 11.2. The van der Waals surface area contributed by atoms with Crippen molar-refractivity contribution >= 4 is 11.7 Å². The van der Waals surface area contributed by atoms with Crippen LogP contribution in [0.3, 0.4) is 0 Å². The van der Waals surface area contributed by atoms with Gasteiger partial charge in [0.2, 0.25) is 0 Å². The average molecular weight is 555 g/mol. The second kappa shape index (κ2) is 13.2. The molecule has 1 amide bonds. The molecule has 1 unspecified atom stereocenters. The number of halogens is 1. The van der Waals surface area contributed by atoms with Crippen LogP contribution in [0.25, 0.3) is 0 Å². The standard InChI is InChI=1S/C33H35FN4O3/c34-29-8-5-26(6-9-29)32(40)27-13-17-38(18-14-27)33(41)28-7-10-30(36-21-28)31(39)19-23-11-15-37(16-12-23)22-25-3-1-24(20-35)2-4-25/h1-10,21,23,27,32,40H,11-19,22H2. The molecule has 2 aromatic carbocycles. The van der Waals surface area contributed by atoms with Gasteiger partial charge in [-0.05, 0) is 98.1 Å². The number of nitriles is 1. The number of carbonyl (C=O) groups is 2. The van der Waals surface area contributed by atoms with Gasteiger partial charge in [-0.3, -0.25) is 19.5 Å². The Morgan fingerprint density at radius 2 is 1.63 bits per heavy atom. The van der Waals surface area contributed by atoms with Gasteiger partial charge in [0.25, 0.3) is 5.91 Å². The van der Waals surface area contributed by atoms with Gasteiger partial charge in [0.05, 0.1) is 23.3 Å². The molecule has 7 nitrogen and oxygen atoms in total.